The molecule has 2 aromatic heterocycles. The number of pyridine rings is 1. The van der Waals surface area contributed by atoms with Gasteiger partial charge in [-0.15, -0.1) is 0 Å². The number of nitrogens with one attached hydrogen (secondary N) is 1. The summed E-state index contributed by atoms with van der Waals surface area (Å²) in [6.45, 7) is 7.66. The maximum Gasteiger partial charge on any atom is 0.405 e. The molecule has 2 N–H and O–H groups in total. The van der Waals surface area contributed by atoms with E-state index in [1.165, 1.54) is 23.1 Å². The first kappa shape index (κ1) is 37.2. The second kappa shape index (κ2) is 15.5. The molecular weight excluding hydrogens is 710 g/mol. The van der Waals surface area contributed by atoms with E-state index < -0.39 is 58.6 Å². The van der Waals surface area contributed by atoms with E-state index >= 15 is 8.78 Å². The number of hydrogen-bond acceptors (Lipinski definition) is 7. The molecule has 0 spiro atoms. The number of likely N-dealkylation sites (tertiary alicyclic amines) is 1. The minimum atomic E-state index is -3.62. The molecule has 0 saturated carbocycles. The van der Waals surface area contributed by atoms with E-state index in [1.807, 2.05) is 0 Å². The summed E-state index contributed by atoms with van der Waals surface area (Å²) in [6.07, 6.45) is 0.145. The maximum absolute atomic E-state index is 15.4. The van der Waals surface area contributed by atoms with Crippen LogP contribution in [0.2, 0.25) is 30.8 Å². The molecule has 0 bridgehead atoms. The maximum atomic E-state index is 15.4. The summed E-state index contributed by atoms with van der Waals surface area (Å²) in [5.41, 5.74) is 0.404. The van der Waals surface area contributed by atoms with Gasteiger partial charge in [-0.2, -0.15) is 0 Å². The smallest absolute Gasteiger partial charge is 0.405 e. The molecule has 4 aromatic rings. The summed E-state index contributed by atoms with van der Waals surface area (Å²) in [6, 6.07) is 12.6. The average molecular weight is 749 g/mol. The quantitative estimate of drug-likeness (QED) is 0.0874. The van der Waals surface area contributed by atoms with Gasteiger partial charge in [-0.3, -0.25) is 4.79 Å². The standard InChI is InChI=1S/C34H39ClF2N4O7SSi/c1-50(2,3)16-15-47-21-41-14-11-25-29(20-30(35)39-32(25)41)48-31-26(36)17-22(18-27(31)37)19-28(38-34(43)44)33(42)40-12-9-24(10-13-40)49(45,46)23-7-5-4-6-8-23/h4-8,11,14,17-18,20,24,28,38H,9-10,12-13,15-16,19,21H2,1-3H3,(H,43,44). The molecule has 5 rings (SSSR count). The number of carbonyl (C=O) groups excluding carboxylic acids is 1. The summed E-state index contributed by atoms with van der Waals surface area (Å²) < 4.78 is 70.2. The minimum Gasteiger partial charge on any atom is -0.465 e. The molecule has 16 heteroatoms. The minimum absolute atomic E-state index is 0.000480. The molecule has 1 unspecified atom stereocenters. The molecule has 1 fully saturated rings. The summed E-state index contributed by atoms with van der Waals surface area (Å²) in [4.78, 5) is 30.9. The van der Waals surface area contributed by atoms with E-state index in [4.69, 9.17) is 21.1 Å². The fraction of sp³-hybridized carbons (Fsp3) is 0.382. The summed E-state index contributed by atoms with van der Waals surface area (Å²) in [7, 11) is -4.90. The first-order valence-corrected chi connectivity index (χ1v) is 21.7. The Hall–Kier alpha value is -4.05. The van der Waals surface area contributed by atoms with E-state index in [2.05, 4.69) is 29.9 Å². The number of sulfone groups is 1. The molecule has 268 valence electrons. The molecular formula is C34H39ClF2N4O7SSi. The van der Waals surface area contributed by atoms with Crippen LogP contribution in [0.25, 0.3) is 11.0 Å². The van der Waals surface area contributed by atoms with Crippen LogP contribution >= 0.6 is 11.6 Å². The van der Waals surface area contributed by atoms with Crippen molar-refractivity contribution in [1.82, 2.24) is 19.8 Å². The van der Waals surface area contributed by atoms with Crippen LogP contribution in [0.15, 0.2) is 65.7 Å². The Kier molecular flexibility index (Phi) is 11.5. The summed E-state index contributed by atoms with van der Waals surface area (Å²) >= 11 is 6.25. The molecule has 2 aromatic carbocycles. The van der Waals surface area contributed by atoms with Crippen molar-refractivity contribution < 1.29 is 41.4 Å². The Bertz CT molecular complexity index is 1940. The molecule has 2 amide bonds. The topological polar surface area (TPSA) is 140 Å². The van der Waals surface area contributed by atoms with Crippen molar-refractivity contribution in [2.75, 3.05) is 19.7 Å². The van der Waals surface area contributed by atoms with Gasteiger partial charge in [0.15, 0.2) is 27.2 Å². The van der Waals surface area contributed by atoms with Crippen molar-refractivity contribution >= 4 is 52.5 Å². The number of halogens is 3. The van der Waals surface area contributed by atoms with Crippen LogP contribution in [-0.4, -0.2) is 79.0 Å². The molecule has 0 radical (unpaired) electrons. The first-order valence-electron chi connectivity index (χ1n) is 16.1. The van der Waals surface area contributed by atoms with Crippen LogP contribution in [0.5, 0.6) is 11.5 Å². The van der Waals surface area contributed by atoms with Gasteiger partial charge in [-0.25, -0.2) is 27.0 Å². The third kappa shape index (κ3) is 8.99. The van der Waals surface area contributed by atoms with Crippen LogP contribution in [-0.2, 0) is 32.5 Å². The van der Waals surface area contributed by atoms with Crippen LogP contribution < -0.4 is 10.1 Å². The first-order chi connectivity index (χ1) is 23.6. The average Bonchev–Trinajstić information content (AvgIpc) is 3.46. The zero-order valence-electron chi connectivity index (χ0n) is 27.9. The van der Waals surface area contributed by atoms with Gasteiger partial charge in [0.25, 0.3) is 0 Å². The number of nitrogens with zero attached hydrogens (tertiary/aromatic N) is 3. The highest BCUT2D eigenvalue weighted by molar-refractivity contribution is 7.92. The molecule has 1 atom stereocenters. The van der Waals surface area contributed by atoms with Crippen molar-refractivity contribution in [2.24, 2.45) is 0 Å². The molecule has 3 heterocycles. The molecule has 1 aliphatic rings. The zero-order valence-corrected chi connectivity index (χ0v) is 30.4. The lowest BCUT2D eigenvalue weighted by Gasteiger charge is -2.34. The third-order valence-corrected chi connectivity index (χ3v) is 12.6. The van der Waals surface area contributed by atoms with E-state index in [9.17, 15) is 23.1 Å². The second-order valence-corrected chi connectivity index (χ2v) is 21.6. The monoisotopic (exact) mass is 748 g/mol. The predicted octanol–water partition coefficient (Wildman–Crippen LogP) is 6.72. The Morgan fingerprint density at radius 2 is 1.74 bits per heavy atom. The number of amides is 2. The van der Waals surface area contributed by atoms with Gasteiger partial charge in [0, 0.05) is 46.5 Å². The molecule has 11 nitrogen and oxygen atoms in total. The lowest BCUT2D eigenvalue weighted by Crippen LogP contribution is -2.52. The van der Waals surface area contributed by atoms with Crippen molar-refractivity contribution in [3.05, 3.63) is 83.1 Å². The molecule has 1 aliphatic heterocycles. The van der Waals surface area contributed by atoms with E-state index in [-0.39, 0.29) is 60.4 Å². The fourth-order valence-electron chi connectivity index (χ4n) is 5.76. The van der Waals surface area contributed by atoms with E-state index in [1.54, 1.807) is 35.0 Å². The molecule has 50 heavy (non-hydrogen) atoms. The largest absolute Gasteiger partial charge is 0.465 e. The second-order valence-electron chi connectivity index (χ2n) is 13.4. The molecule has 1 saturated heterocycles. The SMILES string of the molecule is C[Si](C)(C)CCOCn1ccc2c(Oc3c(F)cc(CC(NC(=O)O)C(=O)N4CCC(S(=O)(=O)c5ccccc5)CC4)cc3F)cc(Cl)nc21. The van der Waals surface area contributed by atoms with Crippen LogP contribution in [0, 0.1) is 11.6 Å². The lowest BCUT2D eigenvalue weighted by atomic mass is 10.0. The number of ether oxygens (including phenoxy) is 2. The number of aromatic nitrogens is 2. The zero-order chi connectivity index (χ0) is 36.2. The Labute approximate surface area is 295 Å². The van der Waals surface area contributed by atoms with Gasteiger partial charge < -0.3 is 29.4 Å². The number of carbonyl (C=O) groups is 2. The van der Waals surface area contributed by atoms with Crippen molar-refractivity contribution in [1.29, 1.82) is 0 Å². The Morgan fingerprint density at radius 1 is 1.08 bits per heavy atom. The van der Waals surface area contributed by atoms with Crippen molar-refractivity contribution in [3.8, 4) is 11.5 Å². The highest BCUT2D eigenvalue weighted by atomic mass is 35.5. The van der Waals surface area contributed by atoms with Gasteiger partial charge in [-0.1, -0.05) is 49.4 Å². The van der Waals surface area contributed by atoms with Crippen LogP contribution in [0.1, 0.15) is 18.4 Å². The van der Waals surface area contributed by atoms with Crippen LogP contribution in [0.4, 0.5) is 13.6 Å². The van der Waals surface area contributed by atoms with Gasteiger partial charge in [0.1, 0.15) is 29.3 Å². The highest BCUT2D eigenvalue weighted by Gasteiger charge is 2.35. The number of rotatable bonds is 13. The number of benzene rings is 2. The number of fused-ring (bicyclic) bond motifs is 1. The fourth-order valence-corrected chi connectivity index (χ4v) is 8.45. The van der Waals surface area contributed by atoms with Crippen molar-refractivity contribution in [3.63, 3.8) is 0 Å². The highest BCUT2D eigenvalue weighted by Crippen LogP contribution is 2.35. The number of piperidine rings is 1. The normalized spacial score (nSPS) is 14.9. The lowest BCUT2D eigenvalue weighted by molar-refractivity contribution is -0.134. The summed E-state index contributed by atoms with van der Waals surface area (Å²) in [5, 5.41) is 11.4. The van der Waals surface area contributed by atoms with Gasteiger partial charge >= 0.3 is 6.09 Å². The van der Waals surface area contributed by atoms with Gasteiger partial charge in [0.05, 0.1) is 15.5 Å². The van der Waals surface area contributed by atoms with Crippen molar-refractivity contribution in [2.45, 2.75) is 67.9 Å². The van der Waals surface area contributed by atoms with Gasteiger partial charge in [-0.05, 0) is 54.8 Å². The third-order valence-electron chi connectivity index (χ3n) is 8.46. The van der Waals surface area contributed by atoms with Gasteiger partial charge in [0.2, 0.25) is 5.91 Å². The Balaban J connectivity index is 1.28. The predicted molar refractivity (Wildman–Crippen MR) is 187 cm³/mol. The number of hydrogen-bond donors (Lipinski definition) is 2. The Morgan fingerprint density at radius 3 is 2.36 bits per heavy atom. The van der Waals surface area contributed by atoms with Crippen LogP contribution in [0.3, 0.4) is 0 Å². The molecule has 0 aliphatic carbocycles. The summed E-state index contributed by atoms with van der Waals surface area (Å²) in [5.74, 6) is -3.45. The van der Waals surface area contributed by atoms with E-state index in [0.717, 1.165) is 18.2 Å². The van der Waals surface area contributed by atoms with E-state index in [0.29, 0.717) is 17.6 Å². The number of carboxylic acid groups (broad SMARTS) is 1.